The first-order valence-corrected chi connectivity index (χ1v) is 5.99. The molecule has 4 heteroatoms. The predicted molar refractivity (Wildman–Crippen MR) is 66.2 cm³/mol. The summed E-state index contributed by atoms with van der Waals surface area (Å²) < 4.78 is 5.09. The van der Waals surface area contributed by atoms with Crippen molar-refractivity contribution in [1.82, 2.24) is 0 Å². The minimum atomic E-state index is 0.354. The highest BCUT2D eigenvalue weighted by Gasteiger charge is 2.04. The molecule has 0 unspecified atom stereocenters. The summed E-state index contributed by atoms with van der Waals surface area (Å²) in [5.74, 6) is 1.83. The molecular formula is C11H18N2OS. The van der Waals surface area contributed by atoms with E-state index < -0.39 is 0 Å². The highest BCUT2D eigenvalue weighted by atomic mass is 32.2. The Morgan fingerprint density at radius 3 is 2.27 bits per heavy atom. The number of hydrogen-bond donors (Lipinski definition) is 2. The summed E-state index contributed by atoms with van der Waals surface area (Å²) in [5.41, 5.74) is 12.4. The van der Waals surface area contributed by atoms with Crippen molar-refractivity contribution in [3.8, 4) is 5.75 Å². The van der Waals surface area contributed by atoms with Crippen LogP contribution in [0.1, 0.15) is 5.56 Å². The molecule has 0 radical (unpaired) electrons. The molecule has 1 aromatic rings. The van der Waals surface area contributed by atoms with Crippen molar-refractivity contribution in [2.24, 2.45) is 11.5 Å². The fraction of sp³-hybridized carbons (Fsp3) is 0.455. The Kier molecular flexibility index (Phi) is 5.53. The van der Waals surface area contributed by atoms with E-state index in [9.17, 15) is 0 Å². The Morgan fingerprint density at radius 2 is 1.80 bits per heavy atom. The van der Waals surface area contributed by atoms with Gasteiger partial charge in [0.2, 0.25) is 0 Å². The molecule has 84 valence electrons. The number of rotatable bonds is 6. The molecule has 0 aliphatic heterocycles. The molecule has 0 spiro atoms. The SMILES string of the molecule is COc1ccc(CSC(CN)CN)cc1. The fourth-order valence-electron chi connectivity index (χ4n) is 1.17. The summed E-state index contributed by atoms with van der Waals surface area (Å²) in [6.07, 6.45) is 0. The molecule has 0 saturated carbocycles. The second-order valence-corrected chi connectivity index (χ2v) is 4.54. The zero-order chi connectivity index (χ0) is 11.1. The van der Waals surface area contributed by atoms with Gasteiger partial charge in [-0.05, 0) is 17.7 Å². The van der Waals surface area contributed by atoms with Gasteiger partial charge in [-0.3, -0.25) is 0 Å². The van der Waals surface area contributed by atoms with E-state index in [4.69, 9.17) is 16.2 Å². The monoisotopic (exact) mass is 226 g/mol. The first kappa shape index (κ1) is 12.4. The summed E-state index contributed by atoms with van der Waals surface area (Å²) in [7, 11) is 1.67. The molecule has 0 heterocycles. The molecule has 0 saturated heterocycles. The number of ether oxygens (including phenoxy) is 1. The van der Waals surface area contributed by atoms with Gasteiger partial charge in [0.15, 0.2) is 0 Å². The topological polar surface area (TPSA) is 61.3 Å². The molecule has 0 atom stereocenters. The number of hydrogen-bond acceptors (Lipinski definition) is 4. The fourth-order valence-corrected chi connectivity index (χ4v) is 2.06. The van der Waals surface area contributed by atoms with Gasteiger partial charge in [0.05, 0.1) is 7.11 Å². The number of methoxy groups -OCH3 is 1. The number of benzene rings is 1. The molecule has 0 aromatic heterocycles. The van der Waals surface area contributed by atoms with Crippen LogP contribution in [0.5, 0.6) is 5.75 Å². The van der Waals surface area contributed by atoms with Gasteiger partial charge in [0, 0.05) is 24.1 Å². The van der Waals surface area contributed by atoms with Crippen LogP contribution in [0.15, 0.2) is 24.3 Å². The average Bonchev–Trinajstić information content (AvgIpc) is 2.31. The highest BCUT2D eigenvalue weighted by molar-refractivity contribution is 7.99. The Morgan fingerprint density at radius 1 is 1.20 bits per heavy atom. The van der Waals surface area contributed by atoms with Gasteiger partial charge in [0.1, 0.15) is 5.75 Å². The normalized spacial score (nSPS) is 10.7. The third kappa shape index (κ3) is 4.11. The lowest BCUT2D eigenvalue weighted by atomic mass is 10.2. The van der Waals surface area contributed by atoms with Crippen molar-refractivity contribution < 1.29 is 4.74 Å². The number of thioether (sulfide) groups is 1. The van der Waals surface area contributed by atoms with Crippen LogP contribution in [0.2, 0.25) is 0 Å². The van der Waals surface area contributed by atoms with Gasteiger partial charge < -0.3 is 16.2 Å². The van der Waals surface area contributed by atoms with Gasteiger partial charge >= 0.3 is 0 Å². The Bertz CT molecular complexity index is 272. The van der Waals surface area contributed by atoms with E-state index in [2.05, 4.69) is 12.1 Å². The molecule has 0 bridgehead atoms. The lowest BCUT2D eigenvalue weighted by Crippen LogP contribution is -2.25. The van der Waals surface area contributed by atoms with Crippen LogP contribution in [0, 0.1) is 0 Å². The van der Waals surface area contributed by atoms with Crippen molar-refractivity contribution in [1.29, 1.82) is 0 Å². The summed E-state index contributed by atoms with van der Waals surface area (Å²) >= 11 is 1.80. The Hall–Kier alpha value is -0.710. The molecule has 1 rings (SSSR count). The van der Waals surface area contributed by atoms with Gasteiger partial charge in [-0.15, -0.1) is 0 Å². The molecule has 0 aliphatic rings. The van der Waals surface area contributed by atoms with Crippen LogP contribution in [0.4, 0.5) is 0 Å². The standard InChI is InChI=1S/C11H18N2OS/c1-14-10-4-2-9(3-5-10)8-15-11(6-12)7-13/h2-5,11H,6-8,12-13H2,1H3. The second-order valence-electron chi connectivity index (χ2n) is 3.25. The summed E-state index contributed by atoms with van der Waals surface area (Å²) in [6, 6.07) is 8.07. The van der Waals surface area contributed by atoms with Crippen LogP contribution in [0.3, 0.4) is 0 Å². The largest absolute Gasteiger partial charge is 0.497 e. The second kappa shape index (κ2) is 6.71. The quantitative estimate of drug-likeness (QED) is 0.765. The first-order chi connectivity index (χ1) is 7.30. The summed E-state index contributed by atoms with van der Waals surface area (Å²) in [5, 5.41) is 0.354. The lowest BCUT2D eigenvalue weighted by Gasteiger charge is -2.11. The smallest absolute Gasteiger partial charge is 0.118 e. The van der Waals surface area contributed by atoms with Gasteiger partial charge in [-0.1, -0.05) is 12.1 Å². The molecule has 0 aliphatic carbocycles. The van der Waals surface area contributed by atoms with E-state index >= 15 is 0 Å². The molecule has 15 heavy (non-hydrogen) atoms. The van der Waals surface area contributed by atoms with Crippen molar-refractivity contribution in [3.05, 3.63) is 29.8 Å². The first-order valence-electron chi connectivity index (χ1n) is 4.94. The van der Waals surface area contributed by atoms with E-state index in [0.29, 0.717) is 18.3 Å². The van der Waals surface area contributed by atoms with E-state index in [1.54, 1.807) is 18.9 Å². The van der Waals surface area contributed by atoms with Gasteiger partial charge in [-0.25, -0.2) is 0 Å². The van der Waals surface area contributed by atoms with Crippen LogP contribution in [-0.2, 0) is 5.75 Å². The molecule has 0 amide bonds. The van der Waals surface area contributed by atoms with Crippen molar-refractivity contribution in [2.75, 3.05) is 20.2 Å². The van der Waals surface area contributed by atoms with Crippen molar-refractivity contribution in [2.45, 2.75) is 11.0 Å². The summed E-state index contributed by atoms with van der Waals surface area (Å²) in [4.78, 5) is 0. The van der Waals surface area contributed by atoms with Crippen molar-refractivity contribution in [3.63, 3.8) is 0 Å². The third-order valence-electron chi connectivity index (χ3n) is 2.17. The minimum Gasteiger partial charge on any atom is -0.497 e. The van der Waals surface area contributed by atoms with E-state index in [0.717, 1.165) is 11.5 Å². The molecule has 4 N–H and O–H groups in total. The van der Waals surface area contributed by atoms with Gasteiger partial charge in [-0.2, -0.15) is 11.8 Å². The lowest BCUT2D eigenvalue weighted by molar-refractivity contribution is 0.414. The Labute approximate surface area is 95.2 Å². The summed E-state index contributed by atoms with van der Waals surface area (Å²) in [6.45, 7) is 1.27. The van der Waals surface area contributed by atoms with Crippen LogP contribution in [-0.4, -0.2) is 25.4 Å². The maximum atomic E-state index is 5.57. The highest BCUT2D eigenvalue weighted by Crippen LogP contribution is 2.19. The maximum absolute atomic E-state index is 5.57. The third-order valence-corrected chi connectivity index (χ3v) is 3.53. The van der Waals surface area contributed by atoms with Crippen molar-refractivity contribution >= 4 is 11.8 Å². The van der Waals surface area contributed by atoms with Gasteiger partial charge in [0.25, 0.3) is 0 Å². The zero-order valence-corrected chi connectivity index (χ0v) is 9.80. The zero-order valence-electron chi connectivity index (χ0n) is 8.98. The molecule has 0 fully saturated rings. The van der Waals surface area contributed by atoms with Crippen LogP contribution >= 0.6 is 11.8 Å². The molecule has 1 aromatic carbocycles. The van der Waals surface area contributed by atoms with E-state index in [-0.39, 0.29) is 0 Å². The predicted octanol–water partition coefficient (Wildman–Crippen LogP) is 1.21. The molecular weight excluding hydrogens is 208 g/mol. The minimum absolute atomic E-state index is 0.354. The Balaban J connectivity index is 2.43. The molecule has 3 nitrogen and oxygen atoms in total. The van der Waals surface area contributed by atoms with Crippen LogP contribution < -0.4 is 16.2 Å². The van der Waals surface area contributed by atoms with E-state index in [1.165, 1.54) is 5.56 Å². The van der Waals surface area contributed by atoms with Crippen LogP contribution in [0.25, 0.3) is 0 Å². The number of nitrogens with two attached hydrogens (primary N) is 2. The average molecular weight is 226 g/mol. The van der Waals surface area contributed by atoms with E-state index in [1.807, 2.05) is 12.1 Å². The maximum Gasteiger partial charge on any atom is 0.118 e.